The van der Waals surface area contributed by atoms with E-state index in [0.717, 1.165) is 24.1 Å². The zero-order valence-electron chi connectivity index (χ0n) is 14.7. The smallest absolute Gasteiger partial charge is 0.370 e. The van der Waals surface area contributed by atoms with Crippen LogP contribution in [0.5, 0.6) is 0 Å². The number of hydrogen-bond acceptors (Lipinski definition) is 4. The third-order valence-corrected chi connectivity index (χ3v) is 3.91. The maximum Gasteiger partial charge on any atom is 0.416 e. The Morgan fingerprint density at radius 2 is 1.75 bits per heavy atom. The Morgan fingerprint density at radius 1 is 0.964 bits per heavy atom. The Kier molecular flexibility index (Phi) is 5.88. The van der Waals surface area contributed by atoms with Gasteiger partial charge < -0.3 is 10.6 Å². The normalized spacial score (nSPS) is 11.1. The highest BCUT2D eigenvalue weighted by Gasteiger charge is 2.30. The summed E-state index contributed by atoms with van der Waals surface area (Å²) >= 11 is 0. The van der Waals surface area contributed by atoms with Crippen LogP contribution >= 0.6 is 0 Å². The van der Waals surface area contributed by atoms with Crippen molar-refractivity contribution in [3.8, 4) is 0 Å². The van der Waals surface area contributed by atoms with Gasteiger partial charge in [-0.2, -0.15) is 13.2 Å². The molecule has 0 fully saturated rings. The zero-order valence-corrected chi connectivity index (χ0v) is 14.7. The molecule has 1 aromatic heterocycles. The van der Waals surface area contributed by atoms with Gasteiger partial charge in [-0.1, -0.05) is 36.4 Å². The average Bonchev–Trinajstić information content (AvgIpc) is 2.69. The Labute approximate surface area is 159 Å². The van der Waals surface area contributed by atoms with Gasteiger partial charge in [-0.25, -0.2) is 9.97 Å². The number of carbonyl (C=O) groups is 1. The molecule has 5 nitrogen and oxygen atoms in total. The van der Waals surface area contributed by atoms with E-state index in [1.54, 1.807) is 0 Å². The number of hydrogen-bond donors (Lipinski definition) is 2. The van der Waals surface area contributed by atoms with Crippen molar-refractivity contribution in [1.82, 2.24) is 9.97 Å². The number of aromatic nitrogens is 2. The fourth-order valence-electron chi connectivity index (χ4n) is 2.53. The first-order chi connectivity index (χ1) is 13.4. The number of anilines is 2. The van der Waals surface area contributed by atoms with E-state index >= 15 is 0 Å². The third kappa shape index (κ3) is 5.29. The molecule has 28 heavy (non-hydrogen) atoms. The van der Waals surface area contributed by atoms with Crippen LogP contribution in [-0.2, 0) is 12.6 Å². The van der Waals surface area contributed by atoms with Crippen LogP contribution in [0.3, 0.4) is 0 Å². The van der Waals surface area contributed by atoms with Gasteiger partial charge in [0.05, 0.1) is 5.56 Å². The molecule has 0 aliphatic rings. The second-order valence-electron chi connectivity index (χ2n) is 5.98. The summed E-state index contributed by atoms with van der Waals surface area (Å²) in [5.74, 6) is -0.159. The molecule has 0 saturated heterocycles. The summed E-state index contributed by atoms with van der Waals surface area (Å²) in [6, 6.07) is 15.7. The maximum atomic E-state index is 12.8. The molecular weight excluding hydrogens is 369 g/mol. The molecule has 0 aliphatic carbocycles. The summed E-state index contributed by atoms with van der Waals surface area (Å²) in [4.78, 5) is 20.3. The summed E-state index contributed by atoms with van der Waals surface area (Å²) in [5.41, 5.74) is 0.412. The highest BCUT2D eigenvalue weighted by molar-refractivity contribution is 6.03. The fourth-order valence-corrected chi connectivity index (χ4v) is 2.53. The summed E-state index contributed by atoms with van der Waals surface area (Å²) in [6.45, 7) is 0.607. The van der Waals surface area contributed by atoms with E-state index in [0.29, 0.717) is 12.4 Å². The van der Waals surface area contributed by atoms with Crippen molar-refractivity contribution in [3.05, 3.63) is 83.8 Å². The van der Waals surface area contributed by atoms with E-state index in [1.165, 1.54) is 24.5 Å². The third-order valence-electron chi connectivity index (χ3n) is 3.91. The van der Waals surface area contributed by atoms with Gasteiger partial charge in [0.1, 0.15) is 17.8 Å². The molecule has 2 aromatic carbocycles. The number of nitrogens with one attached hydrogen (secondary N) is 2. The molecule has 0 spiro atoms. The van der Waals surface area contributed by atoms with Gasteiger partial charge in [-0.15, -0.1) is 0 Å². The van der Waals surface area contributed by atoms with E-state index in [-0.39, 0.29) is 11.4 Å². The highest BCUT2D eigenvalue weighted by atomic mass is 19.4. The van der Waals surface area contributed by atoms with Crippen LogP contribution in [0.4, 0.5) is 24.7 Å². The van der Waals surface area contributed by atoms with E-state index < -0.39 is 17.6 Å². The number of amides is 1. The molecule has 144 valence electrons. The van der Waals surface area contributed by atoms with Crippen molar-refractivity contribution in [3.63, 3.8) is 0 Å². The fraction of sp³-hybridized carbons (Fsp3) is 0.150. The van der Waals surface area contributed by atoms with E-state index in [4.69, 9.17) is 0 Å². The van der Waals surface area contributed by atoms with Gasteiger partial charge in [-0.05, 0) is 30.2 Å². The Balaban J connectivity index is 1.62. The standard InChI is InChI=1S/C20H17F3N4O/c21-20(22,23)15-7-4-8-16(11-15)27-19(28)17-12-18(26-13-25-17)24-10-9-14-5-2-1-3-6-14/h1-8,11-13H,9-10H2,(H,27,28)(H,24,25,26). The number of carbonyl (C=O) groups excluding carboxylic acids is 1. The van der Waals surface area contributed by atoms with Crippen molar-refractivity contribution in [2.24, 2.45) is 0 Å². The SMILES string of the molecule is O=C(Nc1cccc(C(F)(F)F)c1)c1cc(NCCc2ccccc2)ncn1. The first-order valence-corrected chi connectivity index (χ1v) is 8.50. The highest BCUT2D eigenvalue weighted by Crippen LogP contribution is 2.30. The average molecular weight is 386 g/mol. The summed E-state index contributed by atoms with van der Waals surface area (Å²) in [5, 5.41) is 5.52. The topological polar surface area (TPSA) is 66.9 Å². The van der Waals surface area contributed by atoms with Crippen molar-refractivity contribution in [2.75, 3.05) is 17.2 Å². The van der Waals surface area contributed by atoms with Gasteiger partial charge in [0.2, 0.25) is 0 Å². The van der Waals surface area contributed by atoms with Gasteiger partial charge in [0, 0.05) is 18.3 Å². The van der Waals surface area contributed by atoms with Crippen molar-refractivity contribution >= 4 is 17.4 Å². The lowest BCUT2D eigenvalue weighted by Crippen LogP contribution is -2.16. The first-order valence-electron chi connectivity index (χ1n) is 8.50. The second-order valence-corrected chi connectivity index (χ2v) is 5.98. The Bertz CT molecular complexity index is 945. The molecule has 3 rings (SSSR count). The molecule has 1 amide bonds. The number of alkyl halides is 3. The quantitative estimate of drug-likeness (QED) is 0.659. The summed E-state index contributed by atoms with van der Waals surface area (Å²) < 4.78 is 38.3. The van der Waals surface area contributed by atoms with Crippen LogP contribution < -0.4 is 10.6 Å². The van der Waals surface area contributed by atoms with Crippen LogP contribution in [0.15, 0.2) is 67.0 Å². The lowest BCUT2D eigenvalue weighted by Gasteiger charge is -2.10. The number of nitrogens with zero attached hydrogens (tertiary/aromatic N) is 2. The molecule has 0 aliphatic heterocycles. The minimum absolute atomic E-state index is 0.0389. The Morgan fingerprint density at radius 3 is 2.50 bits per heavy atom. The molecular formula is C20H17F3N4O. The monoisotopic (exact) mass is 386 g/mol. The summed E-state index contributed by atoms with van der Waals surface area (Å²) in [6.07, 6.45) is -2.48. The minimum Gasteiger partial charge on any atom is -0.370 e. The molecule has 0 unspecified atom stereocenters. The van der Waals surface area contributed by atoms with E-state index in [9.17, 15) is 18.0 Å². The molecule has 0 radical (unpaired) electrons. The van der Waals surface area contributed by atoms with Gasteiger partial charge in [-0.3, -0.25) is 4.79 Å². The van der Waals surface area contributed by atoms with Crippen molar-refractivity contribution < 1.29 is 18.0 Å². The number of rotatable bonds is 6. The molecule has 0 saturated carbocycles. The van der Waals surface area contributed by atoms with Gasteiger partial charge in [0.25, 0.3) is 5.91 Å². The van der Waals surface area contributed by atoms with Crippen LogP contribution in [0.1, 0.15) is 21.6 Å². The molecule has 1 heterocycles. The Hall–Kier alpha value is -3.42. The van der Waals surface area contributed by atoms with Crippen molar-refractivity contribution in [2.45, 2.75) is 12.6 Å². The molecule has 2 N–H and O–H groups in total. The number of benzene rings is 2. The lowest BCUT2D eigenvalue weighted by molar-refractivity contribution is -0.137. The van der Waals surface area contributed by atoms with Gasteiger partial charge in [0.15, 0.2) is 0 Å². The van der Waals surface area contributed by atoms with Crippen LogP contribution in [0.25, 0.3) is 0 Å². The van der Waals surface area contributed by atoms with Crippen molar-refractivity contribution in [1.29, 1.82) is 0 Å². The maximum absolute atomic E-state index is 12.8. The predicted molar refractivity (Wildman–Crippen MR) is 100 cm³/mol. The molecule has 0 bridgehead atoms. The van der Waals surface area contributed by atoms with Crippen LogP contribution in [0.2, 0.25) is 0 Å². The number of halogens is 3. The first kappa shape index (κ1) is 19.3. The predicted octanol–water partition coefficient (Wildman–Crippen LogP) is 4.40. The zero-order chi connectivity index (χ0) is 20.0. The minimum atomic E-state index is -4.48. The van der Waals surface area contributed by atoms with Crippen LogP contribution in [0, 0.1) is 0 Å². The lowest BCUT2D eigenvalue weighted by atomic mass is 10.1. The van der Waals surface area contributed by atoms with Gasteiger partial charge >= 0.3 is 6.18 Å². The second kappa shape index (κ2) is 8.51. The largest absolute Gasteiger partial charge is 0.416 e. The molecule has 0 atom stereocenters. The molecule has 3 aromatic rings. The van der Waals surface area contributed by atoms with Crippen LogP contribution in [-0.4, -0.2) is 22.4 Å². The summed E-state index contributed by atoms with van der Waals surface area (Å²) in [7, 11) is 0. The molecule has 8 heteroatoms. The van der Waals surface area contributed by atoms with E-state index in [1.807, 2.05) is 30.3 Å². The van der Waals surface area contributed by atoms with E-state index in [2.05, 4.69) is 20.6 Å².